The van der Waals surface area contributed by atoms with Crippen LogP contribution in [0.15, 0.2) is 12.7 Å². The molecule has 0 rings (SSSR count). The Bertz CT molecular complexity index is 164. The van der Waals surface area contributed by atoms with Gasteiger partial charge in [0.25, 0.3) is 0 Å². The molecule has 14 heavy (non-hydrogen) atoms. The number of carbonyl (C=O) groups is 1. The lowest BCUT2D eigenvalue weighted by atomic mass is 10.2. The third-order valence-electron chi connectivity index (χ3n) is 1.59. The van der Waals surface area contributed by atoms with Gasteiger partial charge in [0.05, 0.1) is 0 Å². The van der Waals surface area contributed by atoms with Gasteiger partial charge >= 0.3 is 0 Å². The summed E-state index contributed by atoms with van der Waals surface area (Å²) in [7, 11) is 0. The van der Waals surface area contributed by atoms with E-state index in [1.165, 1.54) is 0 Å². The number of halogens is 1. The average Bonchev–Trinajstić information content (AvgIpc) is 2.18. The molecule has 0 saturated carbocycles. The van der Waals surface area contributed by atoms with E-state index >= 15 is 0 Å². The van der Waals surface area contributed by atoms with Crippen LogP contribution in [0.4, 0.5) is 0 Å². The monoisotopic (exact) mass is 279 g/mol. The number of unbranched alkanes of at least 4 members (excludes halogenated alkanes) is 1. The van der Waals surface area contributed by atoms with Crippen molar-refractivity contribution >= 4 is 33.6 Å². The number of thioether (sulfide) groups is 1. The Hall–Kier alpha value is 0.0400. The van der Waals surface area contributed by atoms with Gasteiger partial charge in [0.15, 0.2) is 0 Å². The van der Waals surface area contributed by atoms with Crippen LogP contribution >= 0.6 is 27.7 Å². The number of amides is 1. The van der Waals surface area contributed by atoms with Crippen molar-refractivity contribution < 1.29 is 4.79 Å². The standard InChI is InChI=1S/C10H18BrNOS/c1-2-8-14-9-7-12-10(13)5-3-4-6-11/h2H,1,3-9H2,(H,12,13). The van der Waals surface area contributed by atoms with E-state index in [9.17, 15) is 4.79 Å². The Morgan fingerprint density at radius 2 is 2.29 bits per heavy atom. The quantitative estimate of drug-likeness (QED) is 0.399. The van der Waals surface area contributed by atoms with Crippen LogP contribution in [-0.2, 0) is 4.79 Å². The van der Waals surface area contributed by atoms with Crippen LogP contribution in [0.3, 0.4) is 0 Å². The van der Waals surface area contributed by atoms with E-state index in [-0.39, 0.29) is 5.91 Å². The highest BCUT2D eigenvalue weighted by molar-refractivity contribution is 9.09. The number of nitrogens with one attached hydrogen (secondary N) is 1. The van der Waals surface area contributed by atoms with Crippen LogP contribution in [0.1, 0.15) is 19.3 Å². The third-order valence-corrected chi connectivity index (χ3v) is 3.12. The Labute approximate surface area is 99.0 Å². The van der Waals surface area contributed by atoms with Crippen LogP contribution in [0.5, 0.6) is 0 Å². The molecule has 0 bridgehead atoms. The molecule has 82 valence electrons. The van der Waals surface area contributed by atoms with Gasteiger partial charge in [0.2, 0.25) is 5.91 Å². The van der Waals surface area contributed by atoms with Crippen LogP contribution in [0.25, 0.3) is 0 Å². The smallest absolute Gasteiger partial charge is 0.220 e. The lowest BCUT2D eigenvalue weighted by Gasteiger charge is -2.03. The molecule has 0 aliphatic carbocycles. The maximum atomic E-state index is 11.2. The molecule has 0 saturated heterocycles. The van der Waals surface area contributed by atoms with Gasteiger partial charge in [0, 0.05) is 29.8 Å². The minimum absolute atomic E-state index is 0.171. The SMILES string of the molecule is C=CCSCCNC(=O)CCCCBr. The first-order valence-electron chi connectivity index (χ1n) is 4.82. The second-order valence-corrected chi connectivity index (χ2v) is 4.80. The van der Waals surface area contributed by atoms with Crippen molar-refractivity contribution in [2.24, 2.45) is 0 Å². The fourth-order valence-electron chi connectivity index (χ4n) is 0.898. The minimum Gasteiger partial charge on any atom is -0.355 e. The Morgan fingerprint density at radius 3 is 2.93 bits per heavy atom. The minimum atomic E-state index is 0.171. The van der Waals surface area contributed by atoms with Crippen LogP contribution in [0.2, 0.25) is 0 Å². The molecule has 0 aromatic rings. The van der Waals surface area contributed by atoms with E-state index in [2.05, 4.69) is 27.8 Å². The number of hydrogen-bond acceptors (Lipinski definition) is 2. The normalized spacial score (nSPS) is 9.79. The Kier molecular flexibility index (Phi) is 11.1. The predicted molar refractivity (Wildman–Crippen MR) is 68.2 cm³/mol. The van der Waals surface area contributed by atoms with E-state index < -0.39 is 0 Å². The second kappa shape index (κ2) is 11.1. The summed E-state index contributed by atoms with van der Waals surface area (Å²) < 4.78 is 0. The van der Waals surface area contributed by atoms with Crippen LogP contribution < -0.4 is 5.32 Å². The highest BCUT2D eigenvalue weighted by Crippen LogP contribution is 1.99. The van der Waals surface area contributed by atoms with Gasteiger partial charge in [0.1, 0.15) is 0 Å². The molecule has 0 aliphatic rings. The van der Waals surface area contributed by atoms with Gasteiger partial charge in [-0.2, -0.15) is 11.8 Å². The lowest BCUT2D eigenvalue weighted by Crippen LogP contribution is -2.25. The lowest BCUT2D eigenvalue weighted by molar-refractivity contribution is -0.121. The van der Waals surface area contributed by atoms with Gasteiger partial charge in [-0.15, -0.1) is 6.58 Å². The Balaban J connectivity index is 3.14. The molecule has 0 fully saturated rings. The summed E-state index contributed by atoms with van der Waals surface area (Å²) in [5.41, 5.74) is 0. The molecule has 2 nitrogen and oxygen atoms in total. The largest absolute Gasteiger partial charge is 0.355 e. The van der Waals surface area contributed by atoms with Crippen LogP contribution in [0, 0.1) is 0 Å². The highest BCUT2D eigenvalue weighted by Gasteiger charge is 1.98. The summed E-state index contributed by atoms with van der Waals surface area (Å²) >= 11 is 5.12. The van der Waals surface area contributed by atoms with Crippen molar-refractivity contribution in [2.75, 3.05) is 23.4 Å². The van der Waals surface area contributed by atoms with E-state index in [0.29, 0.717) is 6.42 Å². The first kappa shape index (κ1) is 14.0. The maximum absolute atomic E-state index is 11.2. The van der Waals surface area contributed by atoms with Gasteiger partial charge in [-0.3, -0.25) is 4.79 Å². The van der Waals surface area contributed by atoms with Crippen molar-refractivity contribution in [1.29, 1.82) is 0 Å². The van der Waals surface area contributed by atoms with Crippen molar-refractivity contribution in [2.45, 2.75) is 19.3 Å². The first-order chi connectivity index (χ1) is 6.81. The molecule has 0 atom stereocenters. The summed E-state index contributed by atoms with van der Waals surface area (Å²) in [4.78, 5) is 11.2. The van der Waals surface area contributed by atoms with Gasteiger partial charge in [-0.1, -0.05) is 22.0 Å². The first-order valence-corrected chi connectivity index (χ1v) is 7.10. The molecule has 0 unspecified atom stereocenters. The van der Waals surface area contributed by atoms with E-state index in [1.54, 1.807) is 11.8 Å². The van der Waals surface area contributed by atoms with Crippen molar-refractivity contribution in [3.8, 4) is 0 Å². The van der Waals surface area contributed by atoms with Gasteiger partial charge in [-0.05, 0) is 12.8 Å². The Morgan fingerprint density at radius 1 is 1.50 bits per heavy atom. The summed E-state index contributed by atoms with van der Waals surface area (Å²) in [5, 5.41) is 3.87. The molecule has 0 aromatic heterocycles. The molecule has 0 aromatic carbocycles. The van der Waals surface area contributed by atoms with Gasteiger partial charge in [-0.25, -0.2) is 0 Å². The third kappa shape index (κ3) is 10.1. The van der Waals surface area contributed by atoms with Gasteiger partial charge < -0.3 is 5.32 Å². The summed E-state index contributed by atoms with van der Waals surface area (Å²) in [6.45, 7) is 4.40. The van der Waals surface area contributed by atoms with Crippen molar-refractivity contribution in [3.05, 3.63) is 12.7 Å². The second-order valence-electron chi connectivity index (χ2n) is 2.86. The molecular weight excluding hydrogens is 262 g/mol. The zero-order valence-corrected chi connectivity index (χ0v) is 10.8. The maximum Gasteiger partial charge on any atom is 0.220 e. The molecule has 0 spiro atoms. The highest BCUT2D eigenvalue weighted by atomic mass is 79.9. The van der Waals surface area contributed by atoms with Crippen molar-refractivity contribution in [1.82, 2.24) is 5.32 Å². The number of hydrogen-bond donors (Lipinski definition) is 1. The fourth-order valence-corrected chi connectivity index (χ4v) is 1.87. The van der Waals surface area contributed by atoms with Crippen molar-refractivity contribution in [3.63, 3.8) is 0 Å². The molecule has 1 N–H and O–H groups in total. The molecule has 0 radical (unpaired) electrons. The molecule has 4 heteroatoms. The number of alkyl halides is 1. The summed E-state index contributed by atoms with van der Waals surface area (Å²) in [6.07, 6.45) is 4.57. The van der Waals surface area contributed by atoms with E-state index in [1.807, 2.05) is 6.08 Å². The zero-order valence-electron chi connectivity index (χ0n) is 8.43. The molecule has 0 aliphatic heterocycles. The summed E-state index contributed by atoms with van der Waals surface area (Å²) in [5.74, 6) is 2.10. The number of rotatable bonds is 9. The fraction of sp³-hybridized carbons (Fsp3) is 0.700. The molecule has 0 heterocycles. The summed E-state index contributed by atoms with van der Waals surface area (Å²) in [6, 6.07) is 0. The number of carbonyl (C=O) groups excluding carboxylic acids is 1. The predicted octanol–water partition coefficient (Wildman–Crippen LogP) is 2.59. The van der Waals surface area contributed by atoms with E-state index in [4.69, 9.17) is 0 Å². The molecule has 1 amide bonds. The average molecular weight is 280 g/mol. The zero-order chi connectivity index (χ0) is 10.6. The van der Waals surface area contributed by atoms with Crippen LogP contribution in [-0.4, -0.2) is 29.3 Å². The van der Waals surface area contributed by atoms with E-state index in [0.717, 1.165) is 36.2 Å². The molecular formula is C10H18BrNOS. The topological polar surface area (TPSA) is 29.1 Å².